The van der Waals surface area contributed by atoms with E-state index in [0.29, 0.717) is 10.1 Å². The van der Waals surface area contributed by atoms with Gasteiger partial charge in [0.1, 0.15) is 0 Å². The summed E-state index contributed by atoms with van der Waals surface area (Å²) < 4.78 is 0. The average molecular weight is 435 g/mol. The van der Waals surface area contributed by atoms with E-state index in [9.17, 15) is 4.79 Å². The van der Waals surface area contributed by atoms with Crippen LogP contribution in [0.1, 0.15) is 16.7 Å². The van der Waals surface area contributed by atoms with Crippen LogP contribution in [0.5, 0.6) is 0 Å². The first-order valence-corrected chi connectivity index (χ1v) is 11.3. The van der Waals surface area contributed by atoms with Crippen LogP contribution < -0.4 is 4.90 Å². The Morgan fingerprint density at radius 2 is 1.44 bits per heavy atom. The molecule has 1 amide bonds. The van der Waals surface area contributed by atoms with Crippen LogP contribution in [0.25, 0.3) is 16.8 Å². The molecular weight excluding hydrogens is 412 g/mol. The first kappa shape index (κ1) is 20.3. The Bertz CT molecular complexity index is 1360. The maximum absolute atomic E-state index is 13.5. The topological polar surface area (TPSA) is 32.7 Å². The standard InChI is InChI=1S/C28H22N2OS/c1-19-10-14-23(15-11-19)29-28-30(24-16-12-20(2)13-17-24)27(31)26(32-28)18-22-8-5-7-21-6-3-4-9-25(21)22/h3-18H,1-2H3. The smallest absolute Gasteiger partial charge is 0.268 e. The van der Waals surface area contributed by atoms with Gasteiger partial charge in [0.25, 0.3) is 5.91 Å². The van der Waals surface area contributed by atoms with Crippen molar-refractivity contribution >= 4 is 51.1 Å². The second kappa shape index (κ2) is 8.48. The quantitative estimate of drug-likeness (QED) is 0.318. The number of hydrogen-bond donors (Lipinski definition) is 0. The zero-order valence-electron chi connectivity index (χ0n) is 17.9. The number of nitrogens with zero attached hydrogens (tertiary/aromatic N) is 2. The van der Waals surface area contributed by atoms with Crippen molar-refractivity contribution in [1.82, 2.24) is 0 Å². The molecule has 0 atom stereocenters. The van der Waals surface area contributed by atoms with Crippen LogP contribution in [0.3, 0.4) is 0 Å². The number of anilines is 1. The molecule has 0 unspecified atom stereocenters. The van der Waals surface area contributed by atoms with Crippen molar-refractivity contribution in [2.45, 2.75) is 13.8 Å². The zero-order chi connectivity index (χ0) is 22.1. The van der Waals surface area contributed by atoms with Crippen molar-refractivity contribution in [3.05, 3.63) is 113 Å². The van der Waals surface area contributed by atoms with E-state index in [4.69, 9.17) is 4.99 Å². The average Bonchev–Trinajstić information content (AvgIpc) is 3.11. The molecular formula is C28H22N2OS. The fraction of sp³-hybridized carbons (Fsp3) is 0.0714. The highest BCUT2D eigenvalue weighted by atomic mass is 32.2. The van der Waals surface area contributed by atoms with Gasteiger partial charge in [-0.05, 0) is 72.3 Å². The van der Waals surface area contributed by atoms with Crippen molar-refractivity contribution in [3.8, 4) is 0 Å². The van der Waals surface area contributed by atoms with Crippen molar-refractivity contribution in [2.75, 3.05) is 4.90 Å². The molecule has 0 saturated carbocycles. The monoisotopic (exact) mass is 434 g/mol. The molecule has 156 valence electrons. The van der Waals surface area contributed by atoms with E-state index < -0.39 is 0 Å². The molecule has 0 N–H and O–H groups in total. The summed E-state index contributed by atoms with van der Waals surface area (Å²) in [6, 6.07) is 30.4. The summed E-state index contributed by atoms with van der Waals surface area (Å²) in [4.78, 5) is 20.7. The summed E-state index contributed by atoms with van der Waals surface area (Å²) >= 11 is 1.42. The van der Waals surface area contributed by atoms with Gasteiger partial charge in [0.05, 0.1) is 16.3 Å². The van der Waals surface area contributed by atoms with Crippen molar-refractivity contribution in [3.63, 3.8) is 0 Å². The van der Waals surface area contributed by atoms with E-state index in [-0.39, 0.29) is 5.91 Å². The fourth-order valence-corrected chi connectivity index (χ4v) is 4.71. The van der Waals surface area contributed by atoms with Crippen LogP contribution in [0.15, 0.2) is 101 Å². The molecule has 4 aromatic rings. The van der Waals surface area contributed by atoms with Gasteiger partial charge >= 0.3 is 0 Å². The molecule has 1 saturated heterocycles. The van der Waals surface area contributed by atoms with Gasteiger partial charge in [0.15, 0.2) is 5.17 Å². The second-order valence-corrected chi connectivity index (χ2v) is 8.89. The Labute approximate surface area is 192 Å². The lowest BCUT2D eigenvalue weighted by molar-refractivity contribution is -0.113. The van der Waals surface area contributed by atoms with E-state index in [1.807, 2.05) is 86.7 Å². The Hall–Kier alpha value is -3.63. The SMILES string of the molecule is Cc1ccc(N=C2SC(=Cc3cccc4ccccc34)C(=O)N2c2ccc(C)cc2)cc1. The molecule has 1 fully saturated rings. The van der Waals surface area contributed by atoms with E-state index in [0.717, 1.165) is 33.3 Å². The molecule has 0 aromatic heterocycles. The lowest BCUT2D eigenvalue weighted by Gasteiger charge is -2.16. The normalized spacial score (nSPS) is 16.4. The van der Waals surface area contributed by atoms with Crippen molar-refractivity contribution in [2.24, 2.45) is 4.99 Å². The minimum atomic E-state index is -0.0577. The fourth-order valence-electron chi connectivity index (χ4n) is 3.72. The minimum Gasteiger partial charge on any atom is -0.268 e. The summed E-state index contributed by atoms with van der Waals surface area (Å²) in [6.45, 7) is 4.09. The number of fused-ring (bicyclic) bond motifs is 1. The molecule has 1 aliphatic rings. The van der Waals surface area contributed by atoms with Crippen LogP contribution in [0.2, 0.25) is 0 Å². The minimum absolute atomic E-state index is 0.0577. The Morgan fingerprint density at radius 3 is 2.19 bits per heavy atom. The van der Waals surface area contributed by atoms with Gasteiger partial charge in [-0.1, -0.05) is 77.9 Å². The Kier molecular flexibility index (Phi) is 5.38. The molecule has 1 heterocycles. The van der Waals surface area contributed by atoms with Gasteiger partial charge in [-0.2, -0.15) is 0 Å². The largest absolute Gasteiger partial charge is 0.271 e. The van der Waals surface area contributed by atoms with Crippen LogP contribution in [0, 0.1) is 13.8 Å². The van der Waals surface area contributed by atoms with Gasteiger partial charge in [0, 0.05) is 0 Å². The molecule has 0 radical (unpaired) electrons. The Morgan fingerprint density at radius 1 is 0.781 bits per heavy atom. The van der Waals surface area contributed by atoms with Crippen molar-refractivity contribution < 1.29 is 4.79 Å². The van der Waals surface area contributed by atoms with Crippen molar-refractivity contribution in [1.29, 1.82) is 0 Å². The predicted octanol–water partition coefficient (Wildman–Crippen LogP) is 7.27. The van der Waals surface area contributed by atoms with Crippen LogP contribution in [-0.4, -0.2) is 11.1 Å². The van der Waals surface area contributed by atoms with Crippen LogP contribution in [0.4, 0.5) is 11.4 Å². The van der Waals surface area contributed by atoms with Gasteiger partial charge in [0.2, 0.25) is 0 Å². The van der Waals surface area contributed by atoms with Crippen LogP contribution in [-0.2, 0) is 4.79 Å². The molecule has 4 heteroatoms. The molecule has 5 rings (SSSR count). The molecule has 0 aliphatic carbocycles. The third kappa shape index (κ3) is 3.97. The third-order valence-electron chi connectivity index (χ3n) is 5.47. The van der Waals surface area contributed by atoms with Gasteiger partial charge in [-0.25, -0.2) is 4.99 Å². The number of aryl methyl sites for hydroxylation is 2. The number of carbonyl (C=O) groups is 1. The maximum Gasteiger partial charge on any atom is 0.271 e. The maximum atomic E-state index is 13.5. The molecule has 0 spiro atoms. The Balaban J connectivity index is 1.61. The van der Waals surface area contributed by atoms with Gasteiger partial charge in [-0.15, -0.1) is 0 Å². The zero-order valence-corrected chi connectivity index (χ0v) is 18.8. The van der Waals surface area contributed by atoms with E-state index in [2.05, 4.69) is 24.3 Å². The first-order valence-electron chi connectivity index (χ1n) is 10.5. The van der Waals surface area contributed by atoms with Crippen LogP contribution >= 0.6 is 11.8 Å². The summed E-state index contributed by atoms with van der Waals surface area (Å²) in [5, 5.41) is 2.94. The lowest BCUT2D eigenvalue weighted by Crippen LogP contribution is -2.28. The van der Waals surface area contributed by atoms with Gasteiger partial charge in [-0.3, -0.25) is 9.69 Å². The van der Waals surface area contributed by atoms with E-state index >= 15 is 0 Å². The summed E-state index contributed by atoms with van der Waals surface area (Å²) in [5.74, 6) is -0.0577. The van der Waals surface area contributed by atoms with E-state index in [1.165, 1.54) is 17.3 Å². The summed E-state index contributed by atoms with van der Waals surface area (Å²) in [6.07, 6.45) is 1.98. The van der Waals surface area contributed by atoms with Gasteiger partial charge < -0.3 is 0 Å². The highest BCUT2D eigenvalue weighted by Gasteiger charge is 2.34. The summed E-state index contributed by atoms with van der Waals surface area (Å²) in [7, 11) is 0. The number of aliphatic imine (C=N–C) groups is 1. The number of thioether (sulfide) groups is 1. The lowest BCUT2D eigenvalue weighted by atomic mass is 10.0. The molecule has 0 bridgehead atoms. The number of hydrogen-bond acceptors (Lipinski definition) is 3. The number of rotatable bonds is 3. The number of amides is 1. The molecule has 1 aliphatic heterocycles. The highest BCUT2D eigenvalue weighted by molar-refractivity contribution is 8.19. The molecule has 3 nitrogen and oxygen atoms in total. The highest BCUT2D eigenvalue weighted by Crippen LogP contribution is 2.38. The molecule has 4 aromatic carbocycles. The molecule has 32 heavy (non-hydrogen) atoms. The second-order valence-electron chi connectivity index (χ2n) is 7.89. The summed E-state index contributed by atoms with van der Waals surface area (Å²) in [5.41, 5.74) is 5.00. The first-order chi connectivity index (χ1) is 15.6. The number of amidine groups is 1. The van der Waals surface area contributed by atoms with E-state index in [1.54, 1.807) is 4.90 Å². The number of benzene rings is 4. The number of carbonyl (C=O) groups excluding carboxylic acids is 1. The predicted molar refractivity (Wildman–Crippen MR) is 136 cm³/mol. The third-order valence-corrected chi connectivity index (χ3v) is 6.44.